The highest BCUT2D eigenvalue weighted by Gasteiger charge is 2.07. The third-order valence-electron chi connectivity index (χ3n) is 2.68. The Balaban J connectivity index is 1.77. The van der Waals surface area contributed by atoms with E-state index in [1.165, 1.54) is 0 Å². The zero-order valence-corrected chi connectivity index (χ0v) is 11.3. The van der Waals surface area contributed by atoms with Crippen molar-refractivity contribution in [1.29, 1.82) is 0 Å². The van der Waals surface area contributed by atoms with Gasteiger partial charge in [-0.3, -0.25) is 4.68 Å². The summed E-state index contributed by atoms with van der Waals surface area (Å²) in [6.07, 6.45) is 3.51. The summed E-state index contributed by atoms with van der Waals surface area (Å²) in [6.45, 7) is 2.79. The lowest BCUT2D eigenvalue weighted by Gasteiger charge is -2.08. The third kappa shape index (κ3) is 3.74. The van der Waals surface area contributed by atoms with Crippen molar-refractivity contribution in [2.24, 2.45) is 0 Å². The summed E-state index contributed by atoms with van der Waals surface area (Å²) in [5.41, 5.74) is 7.04. The Morgan fingerprint density at radius 3 is 2.90 bits per heavy atom. The molecule has 0 spiro atoms. The van der Waals surface area contributed by atoms with Crippen LogP contribution in [0.15, 0.2) is 36.7 Å². The lowest BCUT2D eigenvalue weighted by atomic mass is 10.3. The number of rotatable bonds is 6. The van der Waals surface area contributed by atoms with E-state index in [1.54, 1.807) is 35.1 Å². The van der Waals surface area contributed by atoms with Crippen LogP contribution in [0, 0.1) is 0 Å². The number of hydrogen-bond donors (Lipinski definition) is 1. The van der Waals surface area contributed by atoms with Gasteiger partial charge in [-0.2, -0.15) is 5.10 Å². The van der Waals surface area contributed by atoms with E-state index in [4.69, 9.17) is 15.2 Å². The van der Waals surface area contributed by atoms with Gasteiger partial charge in [0.05, 0.1) is 11.9 Å². The van der Waals surface area contributed by atoms with Crippen LogP contribution in [-0.2, 0) is 22.7 Å². The number of ether oxygens (including phenoxy) is 2. The maximum absolute atomic E-state index is 11.6. The molecular weight excluding hydrogens is 258 g/mol. The highest BCUT2D eigenvalue weighted by atomic mass is 16.6. The molecule has 6 nitrogen and oxygen atoms in total. The van der Waals surface area contributed by atoms with Crippen molar-refractivity contribution in [3.8, 4) is 5.75 Å². The summed E-state index contributed by atoms with van der Waals surface area (Å²) in [7, 11) is 0. The van der Waals surface area contributed by atoms with Crippen molar-refractivity contribution in [2.75, 3.05) is 12.3 Å². The number of nitrogen functional groups attached to an aromatic ring is 1. The van der Waals surface area contributed by atoms with Crippen molar-refractivity contribution >= 4 is 11.7 Å². The molecule has 0 saturated carbocycles. The summed E-state index contributed by atoms with van der Waals surface area (Å²) < 4.78 is 12.2. The SMILES string of the molecule is CCn1cc(COC(=O)COc2ccccc2N)cn1. The fourth-order valence-corrected chi connectivity index (χ4v) is 1.61. The number of esters is 1. The number of aromatic nitrogens is 2. The number of nitrogens with zero attached hydrogens (tertiary/aromatic N) is 2. The molecule has 0 radical (unpaired) electrons. The van der Waals surface area contributed by atoms with Gasteiger partial charge in [-0.25, -0.2) is 4.79 Å². The minimum Gasteiger partial charge on any atom is -0.480 e. The Morgan fingerprint density at radius 2 is 2.20 bits per heavy atom. The second kappa shape index (κ2) is 6.60. The fraction of sp³-hybridized carbons (Fsp3) is 0.286. The van der Waals surface area contributed by atoms with E-state index in [9.17, 15) is 4.79 Å². The normalized spacial score (nSPS) is 10.2. The first-order valence-electron chi connectivity index (χ1n) is 6.33. The first kappa shape index (κ1) is 13.9. The van der Waals surface area contributed by atoms with Gasteiger partial charge < -0.3 is 15.2 Å². The number of anilines is 1. The lowest BCUT2D eigenvalue weighted by Crippen LogP contribution is -2.15. The zero-order chi connectivity index (χ0) is 14.4. The van der Waals surface area contributed by atoms with Crippen LogP contribution in [0.2, 0.25) is 0 Å². The van der Waals surface area contributed by atoms with Crippen LogP contribution >= 0.6 is 0 Å². The number of nitrogens with two attached hydrogens (primary N) is 1. The van der Waals surface area contributed by atoms with Gasteiger partial charge in [0.25, 0.3) is 0 Å². The molecule has 0 unspecified atom stereocenters. The van der Waals surface area contributed by atoms with Crippen LogP contribution in [0.25, 0.3) is 0 Å². The minimum atomic E-state index is -0.447. The molecule has 0 aliphatic heterocycles. The first-order chi connectivity index (χ1) is 9.69. The Bertz CT molecular complexity index is 581. The number of carbonyl (C=O) groups excluding carboxylic acids is 1. The molecule has 0 amide bonds. The summed E-state index contributed by atoms with van der Waals surface area (Å²) in [5, 5.41) is 4.10. The topological polar surface area (TPSA) is 79.4 Å². The minimum absolute atomic E-state index is 0.171. The van der Waals surface area contributed by atoms with Gasteiger partial charge >= 0.3 is 5.97 Å². The van der Waals surface area contributed by atoms with Crippen LogP contribution in [0.3, 0.4) is 0 Å². The number of benzene rings is 1. The van der Waals surface area contributed by atoms with E-state index in [0.29, 0.717) is 11.4 Å². The van der Waals surface area contributed by atoms with Gasteiger partial charge in [0.2, 0.25) is 0 Å². The van der Waals surface area contributed by atoms with Gasteiger partial charge in [0.1, 0.15) is 12.4 Å². The van der Waals surface area contributed by atoms with Crippen molar-refractivity contribution in [1.82, 2.24) is 9.78 Å². The quantitative estimate of drug-likeness (QED) is 0.640. The monoisotopic (exact) mass is 275 g/mol. The van der Waals surface area contributed by atoms with Crippen LogP contribution in [0.1, 0.15) is 12.5 Å². The van der Waals surface area contributed by atoms with E-state index in [-0.39, 0.29) is 13.2 Å². The second-order valence-electron chi connectivity index (χ2n) is 4.19. The number of hydrogen-bond acceptors (Lipinski definition) is 5. The molecule has 2 aromatic rings. The predicted octanol–water partition coefficient (Wildman–Crippen LogP) is 1.61. The van der Waals surface area contributed by atoms with E-state index in [1.807, 2.05) is 13.1 Å². The van der Waals surface area contributed by atoms with Crippen molar-refractivity contribution in [3.63, 3.8) is 0 Å². The van der Waals surface area contributed by atoms with Crippen molar-refractivity contribution < 1.29 is 14.3 Å². The maximum Gasteiger partial charge on any atom is 0.344 e. The van der Waals surface area contributed by atoms with Gasteiger partial charge in [-0.1, -0.05) is 12.1 Å². The molecule has 0 aliphatic carbocycles. The maximum atomic E-state index is 11.6. The van der Waals surface area contributed by atoms with E-state index in [2.05, 4.69) is 5.10 Å². The van der Waals surface area contributed by atoms with Crippen LogP contribution in [0.5, 0.6) is 5.75 Å². The summed E-state index contributed by atoms with van der Waals surface area (Å²) in [4.78, 5) is 11.6. The average Bonchev–Trinajstić information content (AvgIpc) is 2.92. The summed E-state index contributed by atoms with van der Waals surface area (Å²) in [6, 6.07) is 7.00. The van der Waals surface area contributed by atoms with Crippen molar-refractivity contribution in [3.05, 3.63) is 42.2 Å². The van der Waals surface area contributed by atoms with Gasteiger partial charge in [0, 0.05) is 18.3 Å². The fourth-order valence-electron chi connectivity index (χ4n) is 1.61. The molecule has 0 atom stereocenters. The smallest absolute Gasteiger partial charge is 0.344 e. The lowest BCUT2D eigenvalue weighted by molar-refractivity contribution is -0.147. The molecule has 0 saturated heterocycles. The highest BCUT2D eigenvalue weighted by molar-refractivity contribution is 5.71. The molecule has 106 valence electrons. The number of aryl methyl sites for hydroxylation is 1. The third-order valence-corrected chi connectivity index (χ3v) is 2.68. The van der Waals surface area contributed by atoms with Gasteiger partial charge in [-0.15, -0.1) is 0 Å². The Kier molecular flexibility index (Phi) is 4.60. The molecule has 20 heavy (non-hydrogen) atoms. The van der Waals surface area contributed by atoms with Crippen molar-refractivity contribution in [2.45, 2.75) is 20.1 Å². The number of carbonyl (C=O) groups is 1. The van der Waals surface area contributed by atoms with Crippen LogP contribution in [-0.4, -0.2) is 22.4 Å². The Labute approximate surface area is 117 Å². The largest absolute Gasteiger partial charge is 0.480 e. The summed E-state index contributed by atoms with van der Waals surface area (Å²) >= 11 is 0. The average molecular weight is 275 g/mol. The zero-order valence-electron chi connectivity index (χ0n) is 11.3. The van der Waals surface area contributed by atoms with Gasteiger partial charge in [-0.05, 0) is 19.1 Å². The first-order valence-corrected chi connectivity index (χ1v) is 6.33. The molecule has 1 aromatic carbocycles. The van der Waals surface area contributed by atoms with E-state index in [0.717, 1.165) is 12.1 Å². The molecule has 2 N–H and O–H groups in total. The molecule has 1 heterocycles. The highest BCUT2D eigenvalue weighted by Crippen LogP contribution is 2.19. The van der Waals surface area contributed by atoms with Gasteiger partial charge in [0.15, 0.2) is 6.61 Å². The Hall–Kier alpha value is -2.50. The van der Waals surface area contributed by atoms with E-state index < -0.39 is 5.97 Å². The molecule has 2 rings (SSSR count). The van der Waals surface area contributed by atoms with Crippen LogP contribution in [0.4, 0.5) is 5.69 Å². The number of para-hydroxylation sites is 2. The Morgan fingerprint density at radius 1 is 1.40 bits per heavy atom. The summed E-state index contributed by atoms with van der Waals surface area (Å²) in [5.74, 6) is 0.0285. The van der Waals surface area contributed by atoms with E-state index >= 15 is 0 Å². The molecule has 6 heteroatoms. The second-order valence-corrected chi connectivity index (χ2v) is 4.19. The molecule has 0 bridgehead atoms. The predicted molar refractivity (Wildman–Crippen MR) is 74.0 cm³/mol. The molecule has 0 aliphatic rings. The molecule has 0 fully saturated rings. The molecule has 1 aromatic heterocycles. The molecular formula is C14H17N3O3. The van der Waals surface area contributed by atoms with Crippen LogP contribution < -0.4 is 10.5 Å². The standard InChI is InChI=1S/C14H17N3O3/c1-2-17-8-11(7-16-17)9-20-14(18)10-19-13-6-4-3-5-12(13)15/h3-8H,2,9-10,15H2,1H3.